The van der Waals surface area contributed by atoms with E-state index in [4.69, 9.17) is 0 Å². The van der Waals surface area contributed by atoms with Crippen LogP contribution < -0.4 is 10.9 Å². The lowest BCUT2D eigenvalue weighted by Crippen LogP contribution is -2.45. The number of piperidine rings is 1. The summed E-state index contributed by atoms with van der Waals surface area (Å²) in [6, 6.07) is 8.91. The third-order valence-electron chi connectivity index (χ3n) is 6.15. The Labute approximate surface area is 192 Å². The van der Waals surface area contributed by atoms with Gasteiger partial charge in [-0.25, -0.2) is 18.2 Å². The van der Waals surface area contributed by atoms with Gasteiger partial charge in [-0.05, 0) is 48.7 Å². The number of pyridine rings is 2. The number of fused-ring (bicyclic) bond motifs is 3. The molecule has 1 fully saturated rings. The second-order valence-electron chi connectivity index (χ2n) is 8.45. The number of nitrogens with zero attached hydrogens (tertiary/aromatic N) is 2. The van der Waals surface area contributed by atoms with E-state index in [1.807, 2.05) is 0 Å². The molecule has 1 aliphatic heterocycles. The van der Waals surface area contributed by atoms with E-state index in [0.29, 0.717) is 40.6 Å². The van der Waals surface area contributed by atoms with Gasteiger partial charge in [-0.2, -0.15) is 0 Å². The van der Waals surface area contributed by atoms with Crippen LogP contribution in [0.3, 0.4) is 0 Å². The lowest BCUT2D eigenvalue weighted by molar-refractivity contribution is -0.131. The van der Waals surface area contributed by atoms with Crippen molar-refractivity contribution in [3.05, 3.63) is 82.0 Å². The number of aromatic amines is 1. The number of rotatable bonds is 4. The molecule has 0 saturated carbocycles. The Balaban J connectivity index is 1.40. The molecule has 34 heavy (non-hydrogen) atoms. The summed E-state index contributed by atoms with van der Waals surface area (Å²) in [7, 11) is 0. The van der Waals surface area contributed by atoms with Crippen LogP contribution in [0.15, 0.2) is 53.5 Å². The molecule has 0 bridgehead atoms. The fourth-order valence-electron chi connectivity index (χ4n) is 4.50. The topological polar surface area (TPSA) is 78.1 Å². The number of anilines is 1. The summed E-state index contributed by atoms with van der Waals surface area (Å²) >= 11 is 0. The maximum Gasteiger partial charge on any atom is 0.258 e. The maximum atomic E-state index is 14.0. The normalized spacial score (nSPS) is 16.2. The monoisotopic (exact) mass is 466 g/mol. The molecule has 9 heteroatoms. The molecule has 1 atom stereocenters. The van der Waals surface area contributed by atoms with Crippen LogP contribution in [0.5, 0.6) is 0 Å². The minimum absolute atomic E-state index is 0.143. The molecule has 1 aliphatic rings. The molecule has 1 saturated heterocycles. The first-order valence-corrected chi connectivity index (χ1v) is 11.0. The van der Waals surface area contributed by atoms with Crippen molar-refractivity contribution >= 4 is 33.4 Å². The molecule has 0 radical (unpaired) electrons. The van der Waals surface area contributed by atoms with Gasteiger partial charge < -0.3 is 15.2 Å². The second-order valence-corrected chi connectivity index (χ2v) is 8.45. The predicted molar refractivity (Wildman–Crippen MR) is 123 cm³/mol. The molecular weight excluding hydrogens is 445 g/mol. The first-order valence-electron chi connectivity index (χ1n) is 11.0. The molecule has 3 heterocycles. The van der Waals surface area contributed by atoms with Crippen molar-refractivity contribution in [3.8, 4) is 0 Å². The molecule has 1 amide bonds. The third kappa shape index (κ3) is 4.21. The average Bonchev–Trinajstić information content (AvgIpc) is 2.81. The van der Waals surface area contributed by atoms with Gasteiger partial charge in [0.05, 0.1) is 17.3 Å². The Morgan fingerprint density at radius 3 is 2.71 bits per heavy atom. The first-order chi connectivity index (χ1) is 16.4. The van der Waals surface area contributed by atoms with Crippen LogP contribution in [0.1, 0.15) is 18.4 Å². The molecule has 2 aromatic carbocycles. The Morgan fingerprint density at radius 1 is 1.09 bits per heavy atom. The van der Waals surface area contributed by atoms with Crippen LogP contribution in [-0.2, 0) is 11.2 Å². The number of likely N-dealkylation sites (tertiary alicyclic amines) is 1. The largest absolute Gasteiger partial charge is 0.365 e. The minimum atomic E-state index is -0.742. The zero-order chi connectivity index (χ0) is 23.8. The Morgan fingerprint density at radius 2 is 1.88 bits per heavy atom. The summed E-state index contributed by atoms with van der Waals surface area (Å²) in [5.74, 6) is -1.64. The van der Waals surface area contributed by atoms with Gasteiger partial charge in [0.15, 0.2) is 0 Å². The van der Waals surface area contributed by atoms with E-state index in [2.05, 4.69) is 15.3 Å². The zero-order valence-corrected chi connectivity index (χ0v) is 18.1. The van der Waals surface area contributed by atoms with E-state index in [1.165, 1.54) is 24.4 Å². The van der Waals surface area contributed by atoms with Crippen LogP contribution in [0.2, 0.25) is 0 Å². The molecule has 4 aromatic rings. The number of nitrogens with one attached hydrogen (secondary N) is 2. The smallest absolute Gasteiger partial charge is 0.258 e. The maximum absolute atomic E-state index is 14.0. The lowest BCUT2D eigenvalue weighted by Gasteiger charge is -2.34. The number of hydrogen-bond donors (Lipinski definition) is 2. The number of carbonyl (C=O) groups excluding carboxylic acids is 1. The standard InChI is InChI=1S/C25H21F3N4O2/c26-15-5-6-18-19(11-15)23-21(7-8-29-25(23)34)31-24(18)30-17-2-1-9-32(13-17)22(33)10-14-3-4-16(27)12-20(14)28/h3-8,11-12,17H,1-2,9-10,13H2,(H,29,34)(H,30,31)/t17-/m1/s1. The molecule has 0 spiro atoms. The van der Waals surface area contributed by atoms with Crippen molar-refractivity contribution in [1.29, 1.82) is 0 Å². The summed E-state index contributed by atoms with van der Waals surface area (Å²) in [5, 5.41) is 4.72. The van der Waals surface area contributed by atoms with Gasteiger partial charge in [0, 0.05) is 42.2 Å². The molecule has 2 N–H and O–H groups in total. The highest BCUT2D eigenvalue weighted by Crippen LogP contribution is 2.29. The summed E-state index contributed by atoms with van der Waals surface area (Å²) < 4.78 is 41.2. The van der Waals surface area contributed by atoms with Gasteiger partial charge in [0.1, 0.15) is 23.3 Å². The van der Waals surface area contributed by atoms with Gasteiger partial charge >= 0.3 is 0 Å². The highest BCUT2D eigenvalue weighted by molar-refractivity contribution is 6.09. The fourth-order valence-corrected chi connectivity index (χ4v) is 4.50. The molecular formula is C25H21F3N4O2. The summed E-state index contributed by atoms with van der Waals surface area (Å²) in [5.41, 5.74) is 0.227. The predicted octanol–water partition coefficient (Wildman–Crippen LogP) is 4.14. The van der Waals surface area contributed by atoms with E-state index in [1.54, 1.807) is 17.0 Å². The highest BCUT2D eigenvalue weighted by Gasteiger charge is 2.25. The van der Waals surface area contributed by atoms with Crippen LogP contribution in [0.25, 0.3) is 21.7 Å². The van der Waals surface area contributed by atoms with Gasteiger partial charge in [-0.1, -0.05) is 6.07 Å². The summed E-state index contributed by atoms with van der Waals surface area (Å²) in [6.07, 6.45) is 2.84. The fraction of sp³-hybridized carbons (Fsp3) is 0.240. The molecule has 5 rings (SSSR count). The van der Waals surface area contributed by atoms with E-state index in [9.17, 15) is 22.8 Å². The van der Waals surface area contributed by atoms with E-state index >= 15 is 0 Å². The van der Waals surface area contributed by atoms with Gasteiger partial charge in [0.25, 0.3) is 5.56 Å². The van der Waals surface area contributed by atoms with Crippen molar-refractivity contribution in [3.63, 3.8) is 0 Å². The number of amides is 1. The minimum Gasteiger partial charge on any atom is -0.365 e. The SMILES string of the molecule is O=C(Cc1ccc(F)cc1F)N1CCC[C@@H](Nc2nc3cc[nH]c(=O)c3c3cc(F)ccc23)C1. The molecule has 0 unspecified atom stereocenters. The van der Waals surface area contributed by atoms with E-state index in [0.717, 1.165) is 25.0 Å². The van der Waals surface area contributed by atoms with Gasteiger partial charge in [-0.15, -0.1) is 0 Å². The van der Waals surface area contributed by atoms with Crippen molar-refractivity contribution < 1.29 is 18.0 Å². The molecule has 2 aromatic heterocycles. The number of aromatic nitrogens is 2. The van der Waals surface area contributed by atoms with Crippen LogP contribution in [0.4, 0.5) is 19.0 Å². The quantitative estimate of drug-likeness (QED) is 0.443. The van der Waals surface area contributed by atoms with Crippen LogP contribution in [0, 0.1) is 17.5 Å². The molecule has 174 valence electrons. The first kappa shape index (κ1) is 21.9. The Hall–Kier alpha value is -3.88. The van der Waals surface area contributed by atoms with Gasteiger partial charge in [0.2, 0.25) is 5.91 Å². The third-order valence-corrected chi connectivity index (χ3v) is 6.15. The Kier molecular flexibility index (Phi) is 5.69. The van der Waals surface area contributed by atoms with E-state index in [-0.39, 0.29) is 29.5 Å². The summed E-state index contributed by atoms with van der Waals surface area (Å²) in [6.45, 7) is 0.908. The molecule has 6 nitrogen and oxygen atoms in total. The second kappa shape index (κ2) is 8.81. The van der Waals surface area contributed by atoms with Crippen molar-refractivity contribution in [2.24, 2.45) is 0 Å². The zero-order valence-electron chi connectivity index (χ0n) is 18.1. The highest BCUT2D eigenvalue weighted by atomic mass is 19.1. The average molecular weight is 466 g/mol. The number of benzene rings is 2. The van der Waals surface area contributed by atoms with Crippen LogP contribution in [-0.4, -0.2) is 39.9 Å². The number of carbonyl (C=O) groups is 1. The molecule has 0 aliphatic carbocycles. The number of H-pyrrole nitrogens is 1. The number of halogens is 3. The number of hydrogen-bond acceptors (Lipinski definition) is 4. The van der Waals surface area contributed by atoms with Crippen molar-refractivity contribution in [1.82, 2.24) is 14.9 Å². The lowest BCUT2D eigenvalue weighted by atomic mass is 10.0. The van der Waals surface area contributed by atoms with Crippen molar-refractivity contribution in [2.75, 3.05) is 18.4 Å². The summed E-state index contributed by atoms with van der Waals surface area (Å²) in [4.78, 5) is 34.0. The van der Waals surface area contributed by atoms with E-state index < -0.39 is 17.5 Å². The Bertz CT molecular complexity index is 1470. The van der Waals surface area contributed by atoms with Crippen LogP contribution >= 0.6 is 0 Å². The van der Waals surface area contributed by atoms with Crippen molar-refractivity contribution in [2.45, 2.75) is 25.3 Å². The van der Waals surface area contributed by atoms with Gasteiger partial charge in [-0.3, -0.25) is 9.59 Å².